The summed E-state index contributed by atoms with van der Waals surface area (Å²) in [6, 6.07) is 8.32. The number of hydrogen-bond acceptors (Lipinski definition) is 3. The molecule has 1 aliphatic rings. The molecule has 3 heteroatoms. The molecule has 0 saturated heterocycles. The number of methoxy groups -OCH3 is 1. The molecule has 1 aliphatic carbocycles. The van der Waals surface area contributed by atoms with Gasteiger partial charge in [0.25, 0.3) is 0 Å². The monoisotopic (exact) mass is 291 g/mol. The number of ether oxygens (including phenoxy) is 1. The maximum atomic E-state index is 10.5. The first-order valence-electron chi connectivity index (χ1n) is 7.94. The first-order chi connectivity index (χ1) is 9.93. The Balaban J connectivity index is 1.94. The highest BCUT2D eigenvalue weighted by molar-refractivity contribution is 5.35. The van der Waals surface area contributed by atoms with Gasteiger partial charge in [-0.3, -0.25) is 0 Å². The number of benzene rings is 1. The summed E-state index contributed by atoms with van der Waals surface area (Å²) >= 11 is 0. The van der Waals surface area contributed by atoms with Crippen LogP contribution >= 0.6 is 0 Å². The van der Waals surface area contributed by atoms with Gasteiger partial charge in [0.1, 0.15) is 5.75 Å². The maximum Gasteiger partial charge on any atom is 0.124 e. The average Bonchev–Trinajstić information content (AvgIpc) is 2.46. The van der Waals surface area contributed by atoms with Crippen molar-refractivity contribution in [2.45, 2.75) is 51.7 Å². The highest BCUT2D eigenvalue weighted by Gasteiger charge is 2.29. The van der Waals surface area contributed by atoms with Gasteiger partial charge >= 0.3 is 0 Å². The first kappa shape index (κ1) is 16.3. The molecule has 1 atom stereocenters. The van der Waals surface area contributed by atoms with Gasteiger partial charge in [-0.25, -0.2) is 0 Å². The summed E-state index contributed by atoms with van der Waals surface area (Å²) in [5.41, 5.74) is 1.36. The molecule has 0 aromatic heterocycles. The minimum atomic E-state index is -0.499. The molecule has 0 heterocycles. The molecule has 0 spiro atoms. The Morgan fingerprint density at radius 3 is 2.52 bits per heavy atom. The van der Waals surface area contributed by atoms with Gasteiger partial charge in [-0.2, -0.15) is 0 Å². The molecule has 1 aromatic rings. The third-order valence-corrected chi connectivity index (χ3v) is 4.89. The molecular weight excluding hydrogens is 262 g/mol. The van der Waals surface area contributed by atoms with E-state index in [0.717, 1.165) is 11.3 Å². The first-order valence-corrected chi connectivity index (χ1v) is 7.94. The summed E-state index contributed by atoms with van der Waals surface area (Å²) in [5, 5.41) is 10.5. The minimum absolute atomic E-state index is 0.485. The largest absolute Gasteiger partial charge is 0.496 e. The third kappa shape index (κ3) is 4.21. The smallest absolute Gasteiger partial charge is 0.124 e. The molecule has 1 N–H and O–H groups in total. The fourth-order valence-corrected chi connectivity index (χ4v) is 3.29. The van der Waals surface area contributed by atoms with Crippen LogP contribution in [-0.2, 0) is 0 Å². The summed E-state index contributed by atoms with van der Waals surface area (Å²) in [6.45, 7) is 5.37. The van der Waals surface area contributed by atoms with Crippen LogP contribution in [0.25, 0.3) is 0 Å². The molecule has 1 aromatic carbocycles. The summed E-state index contributed by atoms with van der Waals surface area (Å²) < 4.78 is 5.34. The Labute approximate surface area is 128 Å². The second-order valence-corrected chi connectivity index (χ2v) is 7.09. The molecule has 0 aliphatic heterocycles. The predicted octanol–water partition coefficient (Wildman–Crippen LogP) is 3.63. The molecule has 21 heavy (non-hydrogen) atoms. The second-order valence-electron chi connectivity index (χ2n) is 7.09. The Bertz CT molecular complexity index is 448. The van der Waals surface area contributed by atoms with Crippen LogP contribution in [0, 0.1) is 5.41 Å². The van der Waals surface area contributed by atoms with Gasteiger partial charge in [0.2, 0.25) is 0 Å². The van der Waals surface area contributed by atoms with Crippen LogP contribution in [0.3, 0.4) is 0 Å². The second kappa shape index (κ2) is 6.80. The molecule has 3 nitrogen and oxygen atoms in total. The lowest BCUT2D eigenvalue weighted by Crippen LogP contribution is -2.39. The molecular formula is C18H29NO2. The number of aliphatic hydroxyl groups excluding tert-OH is 1. The lowest BCUT2D eigenvalue weighted by molar-refractivity contribution is 0.0711. The van der Waals surface area contributed by atoms with Crippen LogP contribution in [0.2, 0.25) is 0 Å². The van der Waals surface area contributed by atoms with Crippen molar-refractivity contribution in [2.75, 3.05) is 20.7 Å². The number of nitrogens with zero attached hydrogens (tertiary/aromatic N) is 1. The zero-order valence-electron chi connectivity index (χ0n) is 13.8. The van der Waals surface area contributed by atoms with Crippen molar-refractivity contribution < 1.29 is 9.84 Å². The van der Waals surface area contributed by atoms with Crippen LogP contribution in [0.4, 0.5) is 0 Å². The van der Waals surface area contributed by atoms with E-state index in [-0.39, 0.29) is 0 Å². The zero-order valence-corrected chi connectivity index (χ0v) is 13.8. The van der Waals surface area contributed by atoms with Crippen molar-refractivity contribution in [1.82, 2.24) is 4.90 Å². The average molecular weight is 291 g/mol. The molecule has 2 rings (SSSR count). The van der Waals surface area contributed by atoms with Gasteiger partial charge in [-0.15, -0.1) is 0 Å². The van der Waals surface area contributed by atoms with E-state index < -0.39 is 6.10 Å². The van der Waals surface area contributed by atoms with E-state index >= 15 is 0 Å². The normalized spacial score (nSPS) is 20.5. The van der Waals surface area contributed by atoms with E-state index in [2.05, 4.69) is 25.8 Å². The lowest BCUT2D eigenvalue weighted by Gasteiger charge is -2.39. The summed E-state index contributed by atoms with van der Waals surface area (Å²) in [7, 11) is 3.78. The summed E-state index contributed by atoms with van der Waals surface area (Å²) in [6.07, 6.45) is 4.49. The fourth-order valence-electron chi connectivity index (χ4n) is 3.29. The van der Waals surface area contributed by atoms with Crippen molar-refractivity contribution in [3.63, 3.8) is 0 Å². The van der Waals surface area contributed by atoms with E-state index in [1.807, 2.05) is 24.3 Å². The Hall–Kier alpha value is -1.06. The van der Waals surface area contributed by atoms with E-state index in [1.165, 1.54) is 25.7 Å². The maximum absolute atomic E-state index is 10.5. The van der Waals surface area contributed by atoms with Crippen LogP contribution < -0.4 is 4.74 Å². The van der Waals surface area contributed by atoms with Crippen molar-refractivity contribution in [2.24, 2.45) is 5.41 Å². The molecule has 118 valence electrons. The Kier molecular flexibility index (Phi) is 5.28. The summed E-state index contributed by atoms with van der Waals surface area (Å²) in [4.78, 5) is 2.31. The van der Waals surface area contributed by atoms with E-state index in [0.29, 0.717) is 18.0 Å². The number of hydrogen-bond donors (Lipinski definition) is 1. The van der Waals surface area contributed by atoms with Gasteiger partial charge in [-0.05, 0) is 44.2 Å². The molecule has 0 radical (unpaired) electrons. The molecule has 0 amide bonds. The highest BCUT2D eigenvalue weighted by Crippen LogP contribution is 2.37. The molecule has 1 fully saturated rings. The van der Waals surface area contributed by atoms with E-state index in [4.69, 9.17) is 4.74 Å². The van der Waals surface area contributed by atoms with Crippen molar-refractivity contribution in [3.05, 3.63) is 29.8 Å². The summed E-state index contributed by atoms with van der Waals surface area (Å²) in [5.74, 6) is 0.767. The zero-order chi connectivity index (χ0) is 15.5. The van der Waals surface area contributed by atoms with Crippen LogP contribution in [0.1, 0.15) is 51.2 Å². The number of likely N-dealkylation sites (N-methyl/N-ethyl adjacent to an activating group) is 1. The number of aliphatic hydroxyl groups is 1. The van der Waals surface area contributed by atoms with Crippen molar-refractivity contribution in [3.8, 4) is 5.75 Å². The quantitative estimate of drug-likeness (QED) is 0.899. The van der Waals surface area contributed by atoms with Gasteiger partial charge < -0.3 is 14.7 Å². The topological polar surface area (TPSA) is 32.7 Å². The van der Waals surface area contributed by atoms with E-state index in [1.54, 1.807) is 7.11 Å². The Morgan fingerprint density at radius 1 is 1.29 bits per heavy atom. The standard InChI is InChI=1S/C18H29NO2/c1-18(2)11-9-14(10-12-18)19(3)13-16(20)15-7-5-6-8-17(15)21-4/h5-8,14,16,20H,9-13H2,1-4H3. The van der Waals surface area contributed by atoms with Crippen LogP contribution in [-0.4, -0.2) is 36.8 Å². The van der Waals surface area contributed by atoms with Crippen molar-refractivity contribution >= 4 is 0 Å². The van der Waals surface area contributed by atoms with Crippen LogP contribution in [0.15, 0.2) is 24.3 Å². The SMILES string of the molecule is COc1ccccc1C(O)CN(C)C1CCC(C)(C)CC1. The highest BCUT2D eigenvalue weighted by atomic mass is 16.5. The Morgan fingerprint density at radius 2 is 1.90 bits per heavy atom. The van der Waals surface area contributed by atoms with Gasteiger partial charge in [0, 0.05) is 18.2 Å². The molecule has 1 unspecified atom stereocenters. The minimum Gasteiger partial charge on any atom is -0.496 e. The van der Waals surface area contributed by atoms with E-state index in [9.17, 15) is 5.11 Å². The van der Waals surface area contributed by atoms with Gasteiger partial charge in [0.15, 0.2) is 0 Å². The lowest BCUT2D eigenvalue weighted by atomic mass is 9.75. The molecule has 0 bridgehead atoms. The van der Waals surface area contributed by atoms with Crippen molar-refractivity contribution in [1.29, 1.82) is 0 Å². The number of rotatable bonds is 5. The third-order valence-electron chi connectivity index (χ3n) is 4.89. The fraction of sp³-hybridized carbons (Fsp3) is 0.667. The number of para-hydroxylation sites is 1. The molecule has 1 saturated carbocycles. The van der Waals surface area contributed by atoms with Crippen LogP contribution in [0.5, 0.6) is 5.75 Å². The van der Waals surface area contributed by atoms with Gasteiger partial charge in [-0.1, -0.05) is 32.0 Å². The van der Waals surface area contributed by atoms with Gasteiger partial charge in [0.05, 0.1) is 13.2 Å². The predicted molar refractivity (Wildman–Crippen MR) is 86.6 cm³/mol.